The van der Waals surface area contributed by atoms with Crippen molar-refractivity contribution in [2.45, 2.75) is 99.8 Å². The predicted octanol–water partition coefficient (Wildman–Crippen LogP) is 6.94. The molecule has 0 amide bonds. The van der Waals surface area contributed by atoms with E-state index in [1.807, 2.05) is 0 Å². The van der Waals surface area contributed by atoms with E-state index in [0.29, 0.717) is 23.7 Å². The molecule has 0 radical (unpaired) electrons. The van der Waals surface area contributed by atoms with Crippen LogP contribution in [0.4, 0.5) is 0 Å². The summed E-state index contributed by atoms with van der Waals surface area (Å²) >= 11 is 0. The van der Waals surface area contributed by atoms with Gasteiger partial charge in [0.2, 0.25) is 19.1 Å². The van der Waals surface area contributed by atoms with Crippen LogP contribution in [0.3, 0.4) is 0 Å². The number of hydrogen-bond acceptors (Lipinski definition) is 0. The van der Waals surface area contributed by atoms with Gasteiger partial charge in [-0.25, -0.2) is 4.57 Å². The Bertz CT molecular complexity index is 1950. The molecule has 6 rings (SSSR count). The third-order valence-electron chi connectivity index (χ3n) is 11.1. The Morgan fingerprint density at radius 2 is 0.875 bits per heavy atom. The van der Waals surface area contributed by atoms with Gasteiger partial charge in [-0.2, -0.15) is 0 Å². The quantitative estimate of drug-likeness (QED) is 0.133. The number of hydrogen-bond donors (Lipinski definition) is 0. The smallest absolute Gasteiger partial charge is 0.201 e. The third kappa shape index (κ3) is 5.78. The molecule has 48 heavy (non-hydrogen) atoms. The first-order chi connectivity index (χ1) is 22.8. The first-order valence-electron chi connectivity index (χ1n) is 18.3. The van der Waals surface area contributed by atoms with Crippen molar-refractivity contribution in [1.82, 2.24) is 0 Å². The van der Waals surface area contributed by atoms with Gasteiger partial charge < -0.3 is 0 Å². The molecule has 5 aromatic rings. The van der Waals surface area contributed by atoms with Crippen molar-refractivity contribution < 1.29 is 4.57 Å². The Labute approximate surface area is 292 Å². The lowest BCUT2D eigenvalue weighted by atomic mass is 9.20. The van der Waals surface area contributed by atoms with Gasteiger partial charge in [-0.1, -0.05) is 161 Å². The monoisotopic (exact) mass is 630 g/mol. The molecule has 1 aliphatic rings. The van der Waals surface area contributed by atoms with Crippen molar-refractivity contribution >= 4 is 46.2 Å². The Balaban J connectivity index is 1.79. The topological polar surface area (TPSA) is 3.88 Å². The van der Waals surface area contributed by atoms with Crippen molar-refractivity contribution in [3.63, 3.8) is 0 Å². The fraction of sp³-hybridized carbons (Fsp3) is 0.356. The molecule has 2 heterocycles. The van der Waals surface area contributed by atoms with E-state index in [1.165, 1.54) is 83.0 Å². The van der Waals surface area contributed by atoms with Gasteiger partial charge >= 0.3 is 0 Å². The van der Waals surface area contributed by atoms with E-state index >= 15 is 0 Å². The Kier molecular flexibility index (Phi) is 9.38. The molecule has 0 saturated heterocycles. The van der Waals surface area contributed by atoms with Gasteiger partial charge in [-0.3, -0.25) is 0 Å². The third-order valence-corrected chi connectivity index (χ3v) is 11.1. The summed E-state index contributed by atoms with van der Waals surface area (Å²) in [6, 6.07) is 31.1. The molecule has 0 N–H and O–H groups in total. The maximum atomic E-state index is 2.59. The Hall–Kier alpha value is -3.84. The zero-order valence-corrected chi connectivity index (χ0v) is 31.5. The predicted molar refractivity (Wildman–Crippen MR) is 212 cm³/mol. The van der Waals surface area contributed by atoms with E-state index < -0.39 is 0 Å². The largest absolute Gasteiger partial charge is 0.240 e. The molecule has 4 aromatic carbocycles. The fourth-order valence-electron chi connectivity index (χ4n) is 8.55. The summed E-state index contributed by atoms with van der Waals surface area (Å²) in [5.41, 5.74) is 21.3. The van der Waals surface area contributed by atoms with Crippen LogP contribution in [0.25, 0.3) is 11.3 Å². The lowest BCUT2D eigenvalue weighted by Gasteiger charge is -2.37. The minimum absolute atomic E-state index is 0.147. The second-order valence-electron chi connectivity index (χ2n) is 15.7. The maximum absolute atomic E-state index is 2.59. The van der Waals surface area contributed by atoms with Crippen LogP contribution in [0.15, 0.2) is 85.1 Å². The highest BCUT2D eigenvalue weighted by Crippen LogP contribution is 2.26. The molecule has 244 valence electrons. The lowest BCUT2D eigenvalue weighted by Crippen LogP contribution is -2.76. The summed E-state index contributed by atoms with van der Waals surface area (Å²) in [6.07, 6.45) is 2.29. The summed E-state index contributed by atoms with van der Waals surface area (Å²) in [5, 5.41) is 0. The molecule has 1 aromatic heterocycles. The summed E-state index contributed by atoms with van der Waals surface area (Å²) in [7, 11) is 2.20. The molecule has 0 fully saturated rings. The number of aryl methyl sites for hydroxylation is 4. The zero-order chi connectivity index (χ0) is 34.6. The van der Waals surface area contributed by atoms with Crippen molar-refractivity contribution in [2.24, 2.45) is 7.05 Å². The molecular weight excluding hydrogens is 576 g/mol. The molecule has 0 saturated carbocycles. The lowest BCUT2D eigenvalue weighted by molar-refractivity contribution is -0.660. The van der Waals surface area contributed by atoms with Crippen molar-refractivity contribution in [3.05, 3.63) is 124 Å². The van der Waals surface area contributed by atoms with E-state index in [4.69, 9.17) is 0 Å². The fourth-order valence-corrected chi connectivity index (χ4v) is 8.55. The van der Waals surface area contributed by atoms with E-state index in [-0.39, 0.29) is 13.4 Å². The minimum atomic E-state index is 0.147. The number of aromatic nitrogens is 1. The molecule has 0 unspecified atom stereocenters. The normalized spacial score (nSPS) is 12.8. The van der Waals surface area contributed by atoms with Crippen molar-refractivity contribution in [2.75, 3.05) is 0 Å². The number of fused-ring (bicyclic) bond motifs is 2. The average molecular weight is 631 g/mol. The van der Waals surface area contributed by atoms with Gasteiger partial charge in [-0.15, -0.1) is 0 Å². The van der Waals surface area contributed by atoms with E-state index in [9.17, 15) is 0 Å². The van der Waals surface area contributed by atoms with Crippen molar-refractivity contribution in [1.29, 1.82) is 0 Å². The number of pyridine rings is 1. The van der Waals surface area contributed by atoms with Crippen LogP contribution >= 0.6 is 0 Å². The van der Waals surface area contributed by atoms with Gasteiger partial charge in [0.15, 0.2) is 6.20 Å². The van der Waals surface area contributed by atoms with Gasteiger partial charge in [0.25, 0.3) is 0 Å². The average Bonchev–Trinajstić information content (AvgIpc) is 3.04. The molecule has 0 aliphatic carbocycles. The van der Waals surface area contributed by atoms with Crippen LogP contribution in [0.2, 0.25) is 0 Å². The van der Waals surface area contributed by atoms with E-state index in [0.717, 1.165) is 0 Å². The SMILES string of the molecule is Cc1cc(-c2cc3c(cc2C)B(c2c(C(C)C)cccc2C(C)C)c2ccccc2B3c2c(C(C)C)cccc2C(C)C)[n+](C)cc1C. The highest BCUT2D eigenvalue weighted by molar-refractivity contribution is 7.11. The highest BCUT2D eigenvalue weighted by Gasteiger charge is 2.43. The van der Waals surface area contributed by atoms with Gasteiger partial charge in [0.05, 0.1) is 0 Å². The van der Waals surface area contributed by atoms with Crippen LogP contribution in [-0.2, 0) is 7.05 Å². The number of rotatable bonds is 7. The first kappa shape index (κ1) is 34.0. The zero-order valence-electron chi connectivity index (χ0n) is 31.5. The van der Waals surface area contributed by atoms with Crippen LogP contribution in [0.1, 0.15) is 118 Å². The van der Waals surface area contributed by atoms with Crippen molar-refractivity contribution in [3.8, 4) is 11.3 Å². The first-order valence-corrected chi connectivity index (χ1v) is 18.3. The second-order valence-corrected chi connectivity index (χ2v) is 15.7. The Morgan fingerprint density at radius 1 is 0.458 bits per heavy atom. The summed E-state index contributed by atoms with van der Waals surface area (Å²) in [6.45, 7) is 26.0. The van der Waals surface area contributed by atoms with Gasteiger partial charge in [0.1, 0.15) is 7.05 Å². The molecule has 3 heteroatoms. The van der Waals surface area contributed by atoms with Crippen LogP contribution < -0.4 is 37.3 Å². The van der Waals surface area contributed by atoms with Crippen LogP contribution in [0, 0.1) is 20.8 Å². The summed E-state index contributed by atoms with van der Waals surface area (Å²) in [5.74, 6) is 1.69. The highest BCUT2D eigenvalue weighted by atomic mass is 14.9. The minimum Gasteiger partial charge on any atom is -0.201 e. The van der Waals surface area contributed by atoms with E-state index in [2.05, 4.69) is 173 Å². The van der Waals surface area contributed by atoms with Crippen LogP contribution in [0.5, 0.6) is 0 Å². The molecule has 0 atom stereocenters. The standard InChI is InChI=1S/C45H54B2N/c1-27(2)34-17-15-18-35(28(3)4)44(34)46-39-21-13-14-22-40(39)47(45-36(29(5)6)19-16-20-37(45)30(7)8)42-25-38(32(10)23-41(42)46)43-24-31(9)33(11)26-48(43)12/h13-30H,1-12H3/q+1. The molecular formula is C45H54B2N+. The molecule has 1 nitrogen and oxygen atoms in total. The summed E-state index contributed by atoms with van der Waals surface area (Å²) < 4.78 is 2.33. The maximum Gasteiger partial charge on any atom is 0.240 e. The van der Waals surface area contributed by atoms with Crippen LogP contribution in [-0.4, -0.2) is 13.4 Å². The Morgan fingerprint density at radius 3 is 1.29 bits per heavy atom. The van der Waals surface area contributed by atoms with Gasteiger partial charge in [0, 0.05) is 17.2 Å². The molecule has 1 aliphatic heterocycles. The summed E-state index contributed by atoms with van der Waals surface area (Å²) in [4.78, 5) is 0. The number of nitrogens with zero attached hydrogens (tertiary/aromatic N) is 1. The van der Waals surface area contributed by atoms with E-state index in [1.54, 1.807) is 0 Å². The van der Waals surface area contributed by atoms with Gasteiger partial charge in [-0.05, 0) is 77.8 Å². The molecule has 0 spiro atoms. The molecule has 0 bridgehead atoms. The number of benzene rings is 4. The second kappa shape index (κ2) is 13.2.